The number of methoxy groups -OCH3 is 1. The fourth-order valence-electron chi connectivity index (χ4n) is 2.70. The topological polar surface area (TPSA) is 24.5 Å². The maximum Gasteiger partial charge on any atom is 0.123 e. The molecule has 0 amide bonds. The second-order valence-electron chi connectivity index (χ2n) is 4.22. The highest BCUT2D eigenvalue weighted by Gasteiger charge is 2.33. The molecule has 1 aromatic rings. The van der Waals surface area contributed by atoms with Crippen LogP contribution in [0.3, 0.4) is 0 Å². The van der Waals surface area contributed by atoms with Gasteiger partial charge in [0, 0.05) is 37.8 Å². The van der Waals surface area contributed by atoms with E-state index in [4.69, 9.17) is 4.74 Å². The first-order valence-corrected chi connectivity index (χ1v) is 5.50. The van der Waals surface area contributed by atoms with E-state index < -0.39 is 0 Å². The molecule has 1 N–H and O–H groups in total. The molecule has 0 saturated carbocycles. The third-order valence-electron chi connectivity index (χ3n) is 3.46. The summed E-state index contributed by atoms with van der Waals surface area (Å²) < 4.78 is 5.42. The van der Waals surface area contributed by atoms with Gasteiger partial charge in [-0.2, -0.15) is 0 Å². The average molecular weight is 204 g/mol. The van der Waals surface area contributed by atoms with E-state index in [0.717, 1.165) is 31.9 Å². The Hall–Kier alpha value is -1.06. The molecule has 2 aliphatic heterocycles. The fraction of sp³-hybridized carbons (Fsp3) is 0.500. The summed E-state index contributed by atoms with van der Waals surface area (Å²) in [6, 6.07) is 6.94. The number of fused-ring (bicyclic) bond motifs is 3. The van der Waals surface area contributed by atoms with Crippen LogP contribution in [-0.4, -0.2) is 31.6 Å². The summed E-state index contributed by atoms with van der Waals surface area (Å²) in [4.78, 5) is 2.53. The lowest BCUT2D eigenvalue weighted by Crippen LogP contribution is -2.42. The van der Waals surface area contributed by atoms with Gasteiger partial charge < -0.3 is 10.1 Å². The van der Waals surface area contributed by atoms with Gasteiger partial charge in [-0.25, -0.2) is 0 Å². The van der Waals surface area contributed by atoms with Crippen molar-refractivity contribution in [3.63, 3.8) is 0 Å². The molecule has 1 unspecified atom stereocenters. The summed E-state index contributed by atoms with van der Waals surface area (Å²) in [5.74, 6) is 1.04. The van der Waals surface area contributed by atoms with Crippen LogP contribution >= 0.6 is 0 Å². The van der Waals surface area contributed by atoms with Crippen molar-refractivity contribution in [3.8, 4) is 5.75 Å². The molecule has 1 atom stereocenters. The van der Waals surface area contributed by atoms with Crippen molar-refractivity contribution in [1.29, 1.82) is 0 Å². The van der Waals surface area contributed by atoms with Gasteiger partial charge in [-0.3, -0.25) is 4.90 Å². The van der Waals surface area contributed by atoms with Crippen LogP contribution in [0, 0.1) is 0 Å². The summed E-state index contributed by atoms with van der Waals surface area (Å²) in [5, 5.41) is 3.45. The highest BCUT2D eigenvalue weighted by Crippen LogP contribution is 2.38. The van der Waals surface area contributed by atoms with Gasteiger partial charge in [-0.15, -0.1) is 0 Å². The van der Waals surface area contributed by atoms with Crippen LogP contribution in [0.4, 0.5) is 0 Å². The summed E-state index contributed by atoms with van der Waals surface area (Å²) in [5.41, 5.74) is 2.83. The molecule has 3 nitrogen and oxygen atoms in total. The minimum absolute atomic E-state index is 0.559. The predicted octanol–water partition coefficient (Wildman–Crippen LogP) is 1.16. The Balaban J connectivity index is 2.03. The number of benzene rings is 1. The van der Waals surface area contributed by atoms with Crippen molar-refractivity contribution >= 4 is 0 Å². The Kier molecular flexibility index (Phi) is 2.15. The molecular formula is C12H16N2O. The van der Waals surface area contributed by atoms with Crippen LogP contribution in [0.5, 0.6) is 5.75 Å². The summed E-state index contributed by atoms with van der Waals surface area (Å²) in [6.07, 6.45) is 0. The Bertz CT molecular complexity index is 378. The van der Waals surface area contributed by atoms with E-state index >= 15 is 0 Å². The number of ether oxygens (including phenoxy) is 1. The van der Waals surface area contributed by atoms with Crippen LogP contribution < -0.4 is 10.1 Å². The monoisotopic (exact) mass is 204 g/mol. The van der Waals surface area contributed by atoms with Crippen LogP contribution in [0.1, 0.15) is 17.2 Å². The van der Waals surface area contributed by atoms with Crippen molar-refractivity contribution in [2.75, 3.05) is 26.7 Å². The molecule has 2 heterocycles. The van der Waals surface area contributed by atoms with Gasteiger partial charge in [0.1, 0.15) is 5.75 Å². The van der Waals surface area contributed by atoms with Crippen molar-refractivity contribution < 1.29 is 4.74 Å². The zero-order valence-corrected chi connectivity index (χ0v) is 8.99. The van der Waals surface area contributed by atoms with Gasteiger partial charge in [0.2, 0.25) is 0 Å². The highest BCUT2D eigenvalue weighted by atomic mass is 16.5. The summed E-state index contributed by atoms with van der Waals surface area (Å²) in [6.45, 7) is 4.36. The third-order valence-corrected chi connectivity index (χ3v) is 3.46. The molecule has 0 bridgehead atoms. The van der Waals surface area contributed by atoms with E-state index in [9.17, 15) is 0 Å². The molecule has 1 aromatic carbocycles. The second kappa shape index (κ2) is 3.51. The number of hydrogen-bond acceptors (Lipinski definition) is 3. The Morgan fingerprint density at radius 2 is 2.40 bits per heavy atom. The maximum atomic E-state index is 5.42. The van der Waals surface area contributed by atoms with Crippen molar-refractivity contribution in [1.82, 2.24) is 10.2 Å². The number of nitrogens with zero attached hydrogens (tertiary/aromatic N) is 1. The molecule has 3 heteroatoms. The van der Waals surface area contributed by atoms with Gasteiger partial charge >= 0.3 is 0 Å². The first kappa shape index (κ1) is 9.19. The molecule has 80 valence electrons. The number of hydrogen-bond donors (Lipinski definition) is 1. The lowest BCUT2D eigenvalue weighted by Gasteiger charge is -2.30. The van der Waals surface area contributed by atoms with E-state index in [-0.39, 0.29) is 0 Å². The molecular weight excluding hydrogens is 188 g/mol. The van der Waals surface area contributed by atoms with Gasteiger partial charge in [0.25, 0.3) is 0 Å². The molecule has 15 heavy (non-hydrogen) atoms. The lowest BCUT2D eigenvalue weighted by molar-refractivity contribution is 0.177. The smallest absolute Gasteiger partial charge is 0.123 e. The van der Waals surface area contributed by atoms with E-state index in [1.54, 1.807) is 7.11 Å². The van der Waals surface area contributed by atoms with Crippen molar-refractivity contribution in [2.24, 2.45) is 0 Å². The minimum atomic E-state index is 0.559. The maximum absolute atomic E-state index is 5.42. The van der Waals surface area contributed by atoms with E-state index in [1.807, 2.05) is 0 Å². The molecule has 3 rings (SSSR count). The molecule has 1 saturated heterocycles. The normalized spacial score (nSPS) is 24.7. The first-order valence-electron chi connectivity index (χ1n) is 5.50. The van der Waals surface area contributed by atoms with Gasteiger partial charge in [0.05, 0.1) is 7.11 Å². The van der Waals surface area contributed by atoms with Crippen LogP contribution in [0.25, 0.3) is 0 Å². The molecule has 2 aliphatic rings. The molecule has 0 aromatic heterocycles. The third kappa shape index (κ3) is 1.34. The van der Waals surface area contributed by atoms with Crippen LogP contribution in [-0.2, 0) is 6.54 Å². The number of nitrogens with one attached hydrogen (secondary N) is 1. The molecule has 0 spiro atoms. The Morgan fingerprint density at radius 1 is 1.47 bits per heavy atom. The molecule has 0 radical (unpaired) electrons. The molecule has 1 fully saturated rings. The highest BCUT2D eigenvalue weighted by molar-refractivity contribution is 5.45. The minimum Gasteiger partial charge on any atom is -0.496 e. The predicted molar refractivity (Wildman–Crippen MR) is 59.0 cm³/mol. The van der Waals surface area contributed by atoms with Gasteiger partial charge in [0.15, 0.2) is 0 Å². The zero-order chi connectivity index (χ0) is 10.3. The number of rotatable bonds is 1. The standard InChI is InChI=1S/C12H16N2O/c1-15-12-4-2-3-9-10(12)8-14-6-5-13-7-11(9)14/h2-4,11,13H,5-8H2,1H3. The largest absolute Gasteiger partial charge is 0.496 e. The van der Waals surface area contributed by atoms with Gasteiger partial charge in [-0.05, 0) is 11.6 Å². The molecule has 0 aliphatic carbocycles. The van der Waals surface area contributed by atoms with E-state index in [2.05, 4.69) is 28.4 Å². The second-order valence-corrected chi connectivity index (χ2v) is 4.22. The first-order chi connectivity index (χ1) is 7.40. The fourth-order valence-corrected chi connectivity index (χ4v) is 2.70. The van der Waals surface area contributed by atoms with E-state index in [1.165, 1.54) is 11.1 Å². The van der Waals surface area contributed by atoms with Crippen LogP contribution in [0.2, 0.25) is 0 Å². The van der Waals surface area contributed by atoms with E-state index in [0.29, 0.717) is 6.04 Å². The Morgan fingerprint density at radius 3 is 3.27 bits per heavy atom. The Labute approximate surface area is 90.0 Å². The van der Waals surface area contributed by atoms with Crippen LogP contribution in [0.15, 0.2) is 18.2 Å². The van der Waals surface area contributed by atoms with Gasteiger partial charge in [-0.1, -0.05) is 12.1 Å². The van der Waals surface area contributed by atoms with Crippen molar-refractivity contribution in [3.05, 3.63) is 29.3 Å². The summed E-state index contributed by atoms with van der Waals surface area (Å²) in [7, 11) is 1.76. The average Bonchev–Trinajstić information content (AvgIpc) is 2.67. The zero-order valence-electron chi connectivity index (χ0n) is 8.99. The lowest BCUT2D eigenvalue weighted by atomic mass is 10.0. The number of piperazine rings is 1. The quantitative estimate of drug-likeness (QED) is 0.743. The summed E-state index contributed by atoms with van der Waals surface area (Å²) >= 11 is 0. The SMILES string of the molecule is COc1cccc2c1CN1CCNCC21. The van der Waals surface area contributed by atoms with Crippen molar-refractivity contribution in [2.45, 2.75) is 12.6 Å².